The molecule has 0 unspecified atom stereocenters. The minimum atomic E-state index is -0.267. The van der Waals surface area contributed by atoms with E-state index in [2.05, 4.69) is 9.97 Å². The lowest BCUT2D eigenvalue weighted by molar-refractivity contribution is 0.0985. The summed E-state index contributed by atoms with van der Waals surface area (Å²) in [5, 5.41) is 0.845. The van der Waals surface area contributed by atoms with Gasteiger partial charge in [-0.25, -0.2) is 0 Å². The number of pyridine rings is 2. The van der Waals surface area contributed by atoms with Gasteiger partial charge in [0.25, 0.3) is 11.5 Å². The maximum absolute atomic E-state index is 13.3. The van der Waals surface area contributed by atoms with E-state index >= 15 is 0 Å². The molecule has 7 heteroatoms. The Morgan fingerprint density at radius 1 is 0.968 bits per heavy atom. The van der Waals surface area contributed by atoms with Crippen LogP contribution in [0.4, 0.5) is 5.69 Å². The fourth-order valence-electron chi connectivity index (χ4n) is 3.35. The molecular formula is C24H21N3O4. The van der Waals surface area contributed by atoms with Crippen molar-refractivity contribution in [3.8, 4) is 11.5 Å². The molecule has 0 saturated carbocycles. The number of aromatic nitrogens is 2. The Morgan fingerprint density at radius 2 is 1.71 bits per heavy atom. The number of H-pyrrole nitrogens is 1. The minimum Gasteiger partial charge on any atom is -0.497 e. The van der Waals surface area contributed by atoms with Gasteiger partial charge in [-0.3, -0.25) is 14.6 Å². The second kappa shape index (κ2) is 8.71. The van der Waals surface area contributed by atoms with Crippen molar-refractivity contribution < 1.29 is 14.3 Å². The quantitative estimate of drug-likeness (QED) is 0.518. The van der Waals surface area contributed by atoms with Crippen LogP contribution in [-0.4, -0.2) is 30.1 Å². The number of hydrogen-bond donors (Lipinski definition) is 1. The molecule has 1 amide bonds. The Labute approximate surface area is 178 Å². The van der Waals surface area contributed by atoms with E-state index in [1.807, 2.05) is 18.2 Å². The van der Waals surface area contributed by atoms with Crippen molar-refractivity contribution in [2.45, 2.75) is 6.54 Å². The molecule has 2 aromatic heterocycles. The van der Waals surface area contributed by atoms with Gasteiger partial charge in [-0.1, -0.05) is 6.07 Å². The van der Waals surface area contributed by atoms with Gasteiger partial charge in [0.2, 0.25) is 0 Å². The highest BCUT2D eigenvalue weighted by Gasteiger charge is 2.20. The molecule has 0 atom stereocenters. The Bertz CT molecular complexity index is 1290. The van der Waals surface area contributed by atoms with Crippen molar-refractivity contribution in [3.05, 3.63) is 94.5 Å². The zero-order valence-electron chi connectivity index (χ0n) is 17.2. The molecule has 2 aromatic carbocycles. The first-order valence-electron chi connectivity index (χ1n) is 9.65. The SMILES string of the molecule is COc1cccc(N(Cc2cc3ccc(OC)cc3[nH]c2=O)C(=O)c2ccncc2)c1. The predicted octanol–water partition coefficient (Wildman–Crippen LogP) is 3.79. The van der Waals surface area contributed by atoms with Gasteiger partial charge >= 0.3 is 0 Å². The van der Waals surface area contributed by atoms with Gasteiger partial charge < -0.3 is 19.4 Å². The highest BCUT2D eigenvalue weighted by Crippen LogP contribution is 2.25. The summed E-state index contributed by atoms with van der Waals surface area (Å²) < 4.78 is 10.5. The first kappa shape index (κ1) is 20.2. The van der Waals surface area contributed by atoms with Gasteiger partial charge in [-0.2, -0.15) is 0 Å². The molecule has 4 rings (SSSR count). The molecule has 1 N–H and O–H groups in total. The normalized spacial score (nSPS) is 10.6. The molecule has 0 bridgehead atoms. The van der Waals surface area contributed by atoms with Crippen LogP contribution in [0.2, 0.25) is 0 Å². The monoisotopic (exact) mass is 415 g/mol. The van der Waals surface area contributed by atoms with Gasteiger partial charge in [0.1, 0.15) is 11.5 Å². The third-order valence-electron chi connectivity index (χ3n) is 5.00. The number of benzene rings is 2. The van der Waals surface area contributed by atoms with Crippen molar-refractivity contribution in [2.75, 3.05) is 19.1 Å². The summed E-state index contributed by atoms with van der Waals surface area (Å²) in [5.74, 6) is 1.02. The van der Waals surface area contributed by atoms with Crippen LogP contribution in [0.1, 0.15) is 15.9 Å². The van der Waals surface area contributed by atoms with Gasteiger partial charge in [-0.15, -0.1) is 0 Å². The lowest BCUT2D eigenvalue weighted by Crippen LogP contribution is -2.33. The Kier molecular flexibility index (Phi) is 5.66. The molecule has 4 aromatic rings. The largest absolute Gasteiger partial charge is 0.497 e. The smallest absolute Gasteiger partial charge is 0.258 e. The molecule has 31 heavy (non-hydrogen) atoms. The predicted molar refractivity (Wildman–Crippen MR) is 119 cm³/mol. The second-order valence-electron chi connectivity index (χ2n) is 6.91. The minimum absolute atomic E-state index is 0.0889. The molecule has 0 spiro atoms. The molecule has 2 heterocycles. The number of rotatable bonds is 6. The molecule has 7 nitrogen and oxygen atoms in total. The van der Waals surface area contributed by atoms with E-state index in [1.54, 1.807) is 74.0 Å². The lowest BCUT2D eigenvalue weighted by atomic mass is 10.1. The van der Waals surface area contributed by atoms with Crippen LogP contribution < -0.4 is 19.9 Å². The second-order valence-corrected chi connectivity index (χ2v) is 6.91. The molecule has 0 saturated heterocycles. The van der Waals surface area contributed by atoms with Gasteiger partial charge in [0.05, 0.1) is 26.3 Å². The standard InChI is InChI=1S/C24H21N3O4/c1-30-20-5-3-4-19(13-20)27(24(29)16-8-10-25-11-9-16)15-18-12-17-6-7-21(31-2)14-22(17)26-23(18)28/h3-14H,15H2,1-2H3,(H,26,28). The Morgan fingerprint density at radius 3 is 2.45 bits per heavy atom. The van der Waals surface area contributed by atoms with Crippen LogP contribution in [0, 0.1) is 0 Å². The van der Waals surface area contributed by atoms with Gasteiger partial charge in [-0.05, 0) is 47.9 Å². The number of hydrogen-bond acceptors (Lipinski definition) is 5. The Hall–Kier alpha value is -4.13. The number of aromatic amines is 1. The summed E-state index contributed by atoms with van der Waals surface area (Å²) in [6, 6.07) is 17.7. The van der Waals surface area contributed by atoms with E-state index in [1.165, 1.54) is 0 Å². The summed E-state index contributed by atoms with van der Waals surface area (Å²) >= 11 is 0. The van der Waals surface area contributed by atoms with Crippen LogP contribution in [-0.2, 0) is 6.54 Å². The first-order valence-corrected chi connectivity index (χ1v) is 9.65. The highest BCUT2D eigenvalue weighted by molar-refractivity contribution is 6.06. The first-order chi connectivity index (χ1) is 15.1. The third kappa shape index (κ3) is 4.25. The number of methoxy groups -OCH3 is 2. The summed E-state index contributed by atoms with van der Waals surface area (Å²) in [5.41, 5.74) is 1.95. The zero-order valence-corrected chi connectivity index (χ0v) is 17.2. The van der Waals surface area contributed by atoms with Crippen LogP contribution in [0.25, 0.3) is 10.9 Å². The topological polar surface area (TPSA) is 84.5 Å². The number of nitrogens with zero attached hydrogens (tertiary/aromatic N) is 2. The van der Waals surface area contributed by atoms with E-state index in [-0.39, 0.29) is 18.0 Å². The molecule has 0 fully saturated rings. The molecular weight excluding hydrogens is 394 g/mol. The van der Waals surface area contributed by atoms with Crippen molar-refractivity contribution in [3.63, 3.8) is 0 Å². The maximum Gasteiger partial charge on any atom is 0.258 e. The van der Waals surface area contributed by atoms with E-state index in [4.69, 9.17) is 9.47 Å². The van der Waals surface area contributed by atoms with Crippen molar-refractivity contribution in [2.24, 2.45) is 0 Å². The Balaban J connectivity index is 1.78. The van der Waals surface area contributed by atoms with Crippen LogP contribution >= 0.6 is 0 Å². The fraction of sp³-hybridized carbons (Fsp3) is 0.125. The zero-order chi connectivity index (χ0) is 21.8. The van der Waals surface area contributed by atoms with Gasteiger partial charge in [0.15, 0.2) is 0 Å². The molecule has 0 aliphatic heterocycles. The number of ether oxygens (including phenoxy) is 2. The number of fused-ring (bicyclic) bond motifs is 1. The van der Waals surface area contributed by atoms with Crippen molar-refractivity contribution >= 4 is 22.5 Å². The number of carbonyl (C=O) groups excluding carboxylic acids is 1. The number of carbonyl (C=O) groups is 1. The van der Waals surface area contributed by atoms with Crippen molar-refractivity contribution in [1.29, 1.82) is 0 Å². The summed E-state index contributed by atoms with van der Waals surface area (Å²) in [6.07, 6.45) is 3.13. The fourth-order valence-corrected chi connectivity index (χ4v) is 3.35. The molecule has 0 aliphatic rings. The molecule has 156 valence electrons. The van der Waals surface area contributed by atoms with E-state index in [0.29, 0.717) is 33.8 Å². The van der Waals surface area contributed by atoms with Gasteiger partial charge in [0, 0.05) is 41.3 Å². The van der Waals surface area contributed by atoms with E-state index in [9.17, 15) is 9.59 Å². The number of nitrogens with one attached hydrogen (secondary N) is 1. The van der Waals surface area contributed by atoms with Crippen LogP contribution in [0.15, 0.2) is 77.9 Å². The lowest BCUT2D eigenvalue weighted by Gasteiger charge is -2.23. The summed E-state index contributed by atoms with van der Waals surface area (Å²) in [7, 11) is 3.14. The average molecular weight is 415 g/mol. The van der Waals surface area contributed by atoms with E-state index in [0.717, 1.165) is 5.39 Å². The molecule has 0 aliphatic carbocycles. The maximum atomic E-state index is 13.3. The third-order valence-corrected chi connectivity index (χ3v) is 5.00. The van der Waals surface area contributed by atoms with Crippen molar-refractivity contribution in [1.82, 2.24) is 9.97 Å². The van der Waals surface area contributed by atoms with Crippen LogP contribution in [0.3, 0.4) is 0 Å². The molecule has 0 radical (unpaired) electrons. The summed E-state index contributed by atoms with van der Waals surface area (Å²) in [6.45, 7) is 0.0889. The average Bonchev–Trinajstić information content (AvgIpc) is 2.82. The van der Waals surface area contributed by atoms with Crippen LogP contribution in [0.5, 0.6) is 11.5 Å². The highest BCUT2D eigenvalue weighted by atomic mass is 16.5. The number of amides is 1. The number of anilines is 1. The summed E-state index contributed by atoms with van der Waals surface area (Å²) in [4.78, 5) is 34.6. The van der Waals surface area contributed by atoms with E-state index < -0.39 is 0 Å².